The molecule has 0 heterocycles. The minimum Gasteiger partial charge on any atom is -0.462 e. The van der Waals surface area contributed by atoms with Gasteiger partial charge in [0.05, 0.1) is 26.4 Å². The normalized spacial score (nSPS) is 14.8. The molecule has 0 spiro atoms. The van der Waals surface area contributed by atoms with Gasteiger partial charge in [-0.05, 0) is 69.1 Å². The molecule has 0 aliphatic carbocycles. The molecule has 0 saturated carbocycles. The Morgan fingerprint density at radius 1 is 0.351 bits per heavy atom. The molecular weight excluding hydrogens is 1230 g/mol. The summed E-state index contributed by atoms with van der Waals surface area (Å²) in [6.45, 7) is 11.8. The van der Waals surface area contributed by atoms with Crippen molar-refractivity contribution < 1.29 is 80.2 Å². The number of allylic oxidation sites excluding steroid dienone is 4. The Bertz CT molecular complexity index is 1930. The van der Waals surface area contributed by atoms with Gasteiger partial charge in [0.2, 0.25) is 0 Å². The maximum atomic E-state index is 13.1. The molecular formula is C75H142O17P2. The number of hydrogen-bond donors (Lipinski definition) is 3. The molecule has 19 heteroatoms. The van der Waals surface area contributed by atoms with E-state index in [1.807, 2.05) is 0 Å². The predicted octanol–water partition coefficient (Wildman–Crippen LogP) is 21.3. The Morgan fingerprint density at radius 3 is 0.947 bits per heavy atom. The standard InChI is InChI=1S/C75H142O17P2/c1-8-11-12-13-14-15-16-17-18-23-26-29-35-44-51-58-74(79)91-70(62-85-72(77)56-49-42-34-28-25-22-20-19-21-24-27-32-40-47-54-67(6)9-2)64-89-93(81,82)87-60-69(76)61-88-94(83,84)90-65-71(63-86-73(78)57-50-43-38-37-39-46-53-66(4)5)92-75(80)59-52-45-36-31-30-33-41-48-55-68(7)10-3/h15-18,66-71,76H,8-14,19-65H2,1-7H3,(H,81,82)(H,83,84)/b16-15-,18-17-/t67?,68?,69-,70-,71-/m1/s1. The zero-order valence-electron chi connectivity index (χ0n) is 60.9. The highest BCUT2D eigenvalue weighted by molar-refractivity contribution is 7.47. The summed E-state index contributed by atoms with van der Waals surface area (Å²) in [6, 6.07) is 0. The molecule has 3 N–H and O–H groups in total. The third-order valence-corrected chi connectivity index (χ3v) is 19.4. The van der Waals surface area contributed by atoms with Crippen molar-refractivity contribution in [3.8, 4) is 0 Å². The number of rotatable bonds is 71. The fraction of sp³-hybridized carbons (Fsp3) is 0.893. The van der Waals surface area contributed by atoms with Crippen molar-refractivity contribution in [2.24, 2.45) is 17.8 Å². The van der Waals surface area contributed by atoms with E-state index in [-0.39, 0.29) is 25.7 Å². The molecule has 0 aromatic rings. The molecule has 17 nitrogen and oxygen atoms in total. The second-order valence-electron chi connectivity index (χ2n) is 27.3. The van der Waals surface area contributed by atoms with E-state index in [4.69, 9.17) is 37.0 Å². The van der Waals surface area contributed by atoms with Crippen LogP contribution in [0.15, 0.2) is 24.3 Å². The number of carbonyl (C=O) groups excluding carboxylic acids is 4. The summed E-state index contributed by atoms with van der Waals surface area (Å²) < 4.78 is 68.4. The summed E-state index contributed by atoms with van der Waals surface area (Å²) in [5.41, 5.74) is 0. The van der Waals surface area contributed by atoms with E-state index < -0.39 is 97.5 Å². The summed E-state index contributed by atoms with van der Waals surface area (Å²) >= 11 is 0. The van der Waals surface area contributed by atoms with Gasteiger partial charge in [0.15, 0.2) is 12.2 Å². The van der Waals surface area contributed by atoms with Gasteiger partial charge < -0.3 is 33.8 Å². The number of ether oxygens (including phenoxy) is 4. The van der Waals surface area contributed by atoms with E-state index in [1.54, 1.807) is 0 Å². The molecule has 0 fully saturated rings. The Kier molecular flexibility index (Phi) is 63.5. The van der Waals surface area contributed by atoms with Gasteiger partial charge in [-0.25, -0.2) is 9.13 Å². The lowest BCUT2D eigenvalue weighted by Gasteiger charge is -2.21. The van der Waals surface area contributed by atoms with Gasteiger partial charge in [0, 0.05) is 25.7 Å². The average Bonchev–Trinajstić information content (AvgIpc) is 1.22. The Morgan fingerprint density at radius 2 is 0.628 bits per heavy atom. The van der Waals surface area contributed by atoms with Crippen molar-refractivity contribution in [1.82, 2.24) is 0 Å². The molecule has 0 bridgehead atoms. The van der Waals surface area contributed by atoms with E-state index in [2.05, 4.69) is 72.8 Å². The van der Waals surface area contributed by atoms with Crippen molar-refractivity contribution in [3.05, 3.63) is 24.3 Å². The van der Waals surface area contributed by atoms with Crippen molar-refractivity contribution in [1.29, 1.82) is 0 Å². The minimum atomic E-state index is -4.97. The van der Waals surface area contributed by atoms with Crippen LogP contribution in [-0.2, 0) is 65.4 Å². The molecule has 0 aliphatic heterocycles. The lowest BCUT2D eigenvalue weighted by Crippen LogP contribution is -2.30. The smallest absolute Gasteiger partial charge is 0.462 e. The second-order valence-corrected chi connectivity index (χ2v) is 30.2. The molecule has 0 amide bonds. The molecule has 554 valence electrons. The third kappa shape index (κ3) is 65.5. The zero-order chi connectivity index (χ0) is 69.4. The number of unbranched alkanes of at least 4 members (excludes halogenated alkanes) is 34. The average molecular weight is 1380 g/mol. The number of aliphatic hydroxyl groups is 1. The van der Waals surface area contributed by atoms with E-state index in [0.29, 0.717) is 31.6 Å². The van der Waals surface area contributed by atoms with Gasteiger partial charge in [-0.2, -0.15) is 0 Å². The van der Waals surface area contributed by atoms with E-state index in [1.165, 1.54) is 148 Å². The quantitative estimate of drug-likeness (QED) is 0.0169. The van der Waals surface area contributed by atoms with Gasteiger partial charge in [-0.1, -0.05) is 304 Å². The Balaban J connectivity index is 5.27. The second kappa shape index (κ2) is 65.2. The maximum absolute atomic E-state index is 13.1. The van der Waals surface area contributed by atoms with Crippen molar-refractivity contribution in [2.45, 2.75) is 375 Å². The molecule has 0 radical (unpaired) electrons. The molecule has 0 saturated heterocycles. The van der Waals surface area contributed by atoms with Crippen molar-refractivity contribution in [3.63, 3.8) is 0 Å². The summed E-state index contributed by atoms with van der Waals surface area (Å²) in [6.07, 6.45) is 53.6. The molecule has 94 heavy (non-hydrogen) atoms. The summed E-state index contributed by atoms with van der Waals surface area (Å²) in [5, 5.41) is 10.6. The fourth-order valence-corrected chi connectivity index (χ4v) is 12.4. The number of aliphatic hydroxyl groups excluding tert-OH is 1. The van der Waals surface area contributed by atoms with Gasteiger partial charge >= 0.3 is 39.5 Å². The van der Waals surface area contributed by atoms with Crippen LogP contribution in [0.4, 0.5) is 0 Å². The number of hydrogen-bond acceptors (Lipinski definition) is 15. The number of carbonyl (C=O) groups is 4. The molecule has 0 aliphatic rings. The highest BCUT2D eigenvalue weighted by Crippen LogP contribution is 2.45. The van der Waals surface area contributed by atoms with Crippen LogP contribution in [0.3, 0.4) is 0 Å². The monoisotopic (exact) mass is 1380 g/mol. The Hall–Kier alpha value is -2.46. The maximum Gasteiger partial charge on any atom is 0.472 e. The predicted molar refractivity (Wildman–Crippen MR) is 381 cm³/mol. The largest absolute Gasteiger partial charge is 0.472 e. The first-order valence-electron chi connectivity index (χ1n) is 38.2. The summed E-state index contributed by atoms with van der Waals surface area (Å²) in [4.78, 5) is 72.7. The van der Waals surface area contributed by atoms with Crippen LogP contribution in [0.5, 0.6) is 0 Å². The van der Waals surface area contributed by atoms with Crippen LogP contribution in [0.25, 0.3) is 0 Å². The highest BCUT2D eigenvalue weighted by atomic mass is 31.2. The van der Waals surface area contributed by atoms with Crippen molar-refractivity contribution >= 4 is 39.5 Å². The molecule has 4 unspecified atom stereocenters. The van der Waals surface area contributed by atoms with Crippen LogP contribution in [0, 0.1) is 17.8 Å². The van der Waals surface area contributed by atoms with Crippen LogP contribution in [-0.4, -0.2) is 96.7 Å². The van der Waals surface area contributed by atoms with E-state index in [0.717, 1.165) is 121 Å². The van der Waals surface area contributed by atoms with Gasteiger partial charge in [0.25, 0.3) is 0 Å². The number of esters is 4. The zero-order valence-corrected chi connectivity index (χ0v) is 62.7. The third-order valence-electron chi connectivity index (χ3n) is 17.5. The summed E-state index contributed by atoms with van der Waals surface area (Å²) in [5.74, 6) is 0.140. The van der Waals surface area contributed by atoms with E-state index in [9.17, 15) is 43.2 Å². The lowest BCUT2D eigenvalue weighted by atomic mass is 9.99. The van der Waals surface area contributed by atoms with Crippen LogP contribution >= 0.6 is 15.6 Å². The first-order valence-corrected chi connectivity index (χ1v) is 41.2. The van der Waals surface area contributed by atoms with Gasteiger partial charge in [0.1, 0.15) is 19.3 Å². The first-order chi connectivity index (χ1) is 45.3. The molecule has 0 rings (SSSR count). The lowest BCUT2D eigenvalue weighted by molar-refractivity contribution is -0.161. The first kappa shape index (κ1) is 91.5. The number of phosphoric ester groups is 2. The van der Waals surface area contributed by atoms with Crippen LogP contribution in [0.2, 0.25) is 0 Å². The van der Waals surface area contributed by atoms with Crippen molar-refractivity contribution in [2.75, 3.05) is 39.6 Å². The van der Waals surface area contributed by atoms with E-state index >= 15 is 0 Å². The SMILES string of the molecule is CCCCCC/C=C\C=C/CCCCCCCC(=O)O[C@H](COC(=O)CCCCCCCCCCCCCCCCC(C)CC)COP(=O)(O)OC[C@@H](O)COP(=O)(O)OC[C@@H](COC(=O)CCCCCCCCC(C)C)OC(=O)CCCCCCCCCCC(C)CC. The van der Waals surface area contributed by atoms with Gasteiger partial charge in [-0.3, -0.25) is 37.3 Å². The molecule has 0 aromatic heterocycles. The van der Waals surface area contributed by atoms with Crippen LogP contribution in [0.1, 0.15) is 357 Å². The minimum absolute atomic E-state index is 0.0848. The van der Waals surface area contributed by atoms with Crippen LogP contribution < -0.4 is 0 Å². The Labute approximate surface area is 573 Å². The number of phosphoric acid groups is 2. The topological polar surface area (TPSA) is 237 Å². The van der Waals surface area contributed by atoms with Gasteiger partial charge in [-0.15, -0.1) is 0 Å². The fourth-order valence-electron chi connectivity index (χ4n) is 10.8. The highest BCUT2D eigenvalue weighted by Gasteiger charge is 2.30. The molecule has 7 atom stereocenters. The summed E-state index contributed by atoms with van der Waals surface area (Å²) in [7, 11) is -9.92. The molecule has 0 aromatic carbocycles.